The SMILES string of the molecule is CCOC(=O)C(=O)/C=C/c1ccccc1F. The largest absolute Gasteiger partial charge is 0.460 e. The van der Waals surface area contributed by atoms with Crippen molar-refractivity contribution in [3.05, 3.63) is 41.7 Å². The Balaban J connectivity index is 2.71. The van der Waals surface area contributed by atoms with E-state index in [1.165, 1.54) is 18.2 Å². The number of carbonyl (C=O) groups is 2. The minimum atomic E-state index is -0.935. The minimum Gasteiger partial charge on any atom is -0.460 e. The van der Waals surface area contributed by atoms with Gasteiger partial charge in [-0.3, -0.25) is 4.79 Å². The van der Waals surface area contributed by atoms with E-state index in [1.807, 2.05) is 0 Å². The molecule has 1 aromatic rings. The first kappa shape index (κ1) is 12.1. The van der Waals surface area contributed by atoms with Gasteiger partial charge in [0.1, 0.15) is 5.82 Å². The van der Waals surface area contributed by atoms with Crippen molar-refractivity contribution in [1.82, 2.24) is 0 Å². The molecule has 1 aromatic carbocycles. The molecule has 0 unspecified atom stereocenters. The van der Waals surface area contributed by atoms with Crippen LogP contribution in [0.4, 0.5) is 4.39 Å². The molecule has 3 nitrogen and oxygen atoms in total. The van der Waals surface area contributed by atoms with E-state index in [0.29, 0.717) is 0 Å². The predicted octanol–water partition coefficient (Wildman–Crippen LogP) is 1.97. The maximum Gasteiger partial charge on any atom is 0.379 e. The van der Waals surface area contributed by atoms with Gasteiger partial charge < -0.3 is 4.74 Å². The summed E-state index contributed by atoms with van der Waals surface area (Å²) in [5, 5.41) is 0. The number of halogens is 1. The standard InChI is InChI=1S/C12H11FO3/c1-2-16-12(15)11(14)8-7-9-5-3-4-6-10(9)13/h3-8H,2H2,1H3/b8-7+. The molecular weight excluding hydrogens is 211 g/mol. The lowest BCUT2D eigenvalue weighted by atomic mass is 10.2. The van der Waals surface area contributed by atoms with Crippen LogP contribution in [0.1, 0.15) is 12.5 Å². The molecule has 0 atom stereocenters. The molecule has 0 aliphatic rings. The molecule has 0 saturated heterocycles. The van der Waals surface area contributed by atoms with Crippen LogP contribution in [-0.2, 0) is 14.3 Å². The van der Waals surface area contributed by atoms with Crippen LogP contribution in [0.15, 0.2) is 30.3 Å². The number of rotatable bonds is 4. The molecule has 0 saturated carbocycles. The summed E-state index contributed by atoms with van der Waals surface area (Å²) in [7, 11) is 0. The van der Waals surface area contributed by atoms with Crippen LogP contribution < -0.4 is 0 Å². The van der Waals surface area contributed by atoms with Gasteiger partial charge in [-0.1, -0.05) is 18.2 Å². The molecule has 4 heteroatoms. The van der Waals surface area contributed by atoms with Gasteiger partial charge in [-0.25, -0.2) is 9.18 Å². The summed E-state index contributed by atoms with van der Waals surface area (Å²) in [6, 6.07) is 5.95. The fourth-order valence-electron chi connectivity index (χ4n) is 1.05. The van der Waals surface area contributed by atoms with Crippen molar-refractivity contribution in [1.29, 1.82) is 0 Å². The van der Waals surface area contributed by atoms with Crippen LogP contribution in [0, 0.1) is 5.82 Å². The second kappa shape index (κ2) is 5.80. The van der Waals surface area contributed by atoms with Gasteiger partial charge in [0, 0.05) is 5.56 Å². The van der Waals surface area contributed by atoms with Gasteiger partial charge >= 0.3 is 5.97 Å². The molecule has 0 aliphatic heterocycles. The maximum atomic E-state index is 13.1. The zero-order chi connectivity index (χ0) is 12.0. The second-order valence-electron chi connectivity index (χ2n) is 2.94. The summed E-state index contributed by atoms with van der Waals surface area (Å²) in [6.45, 7) is 1.74. The Labute approximate surface area is 92.5 Å². The Kier molecular flexibility index (Phi) is 4.39. The molecular formula is C12H11FO3. The first-order valence-corrected chi connectivity index (χ1v) is 4.79. The van der Waals surface area contributed by atoms with Gasteiger partial charge in [0.2, 0.25) is 0 Å². The van der Waals surface area contributed by atoms with Crippen LogP contribution in [0.25, 0.3) is 6.08 Å². The highest BCUT2D eigenvalue weighted by Crippen LogP contribution is 2.08. The van der Waals surface area contributed by atoms with Gasteiger partial charge in [-0.2, -0.15) is 0 Å². The fourth-order valence-corrected chi connectivity index (χ4v) is 1.05. The van der Waals surface area contributed by atoms with Crippen LogP contribution in [0.5, 0.6) is 0 Å². The van der Waals surface area contributed by atoms with Crippen molar-refractivity contribution < 1.29 is 18.7 Å². The lowest BCUT2D eigenvalue weighted by molar-refractivity contribution is -0.151. The topological polar surface area (TPSA) is 43.4 Å². The Morgan fingerprint density at radius 1 is 1.38 bits per heavy atom. The van der Waals surface area contributed by atoms with Crippen LogP contribution >= 0.6 is 0 Å². The first-order valence-electron chi connectivity index (χ1n) is 4.79. The Hall–Kier alpha value is -1.97. The summed E-state index contributed by atoms with van der Waals surface area (Å²) < 4.78 is 17.6. The van der Waals surface area contributed by atoms with Gasteiger partial charge in [0.25, 0.3) is 5.78 Å². The molecule has 0 bridgehead atoms. The third kappa shape index (κ3) is 3.31. The second-order valence-corrected chi connectivity index (χ2v) is 2.94. The highest BCUT2D eigenvalue weighted by molar-refractivity contribution is 6.39. The molecule has 0 aliphatic carbocycles. The van der Waals surface area contributed by atoms with Gasteiger partial charge in [-0.15, -0.1) is 0 Å². The highest BCUT2D eigenvalue weighted by atomic mass is 19.1. The Morgan fingerprint density at radius 2 is 2.06 bits per heavy atom. The number of benzene rings is 1. The lowest BCUT2D eigenvalue weighted by Gasteiger charge is -1.97. The minimum absolute atomic E-state index is 0.137. The predicted molar refractivity (Wildman–Crippen MR) is 57.1 cm³/mol. The quantitative estimate of drug-likeness (QED) is 0.444. The fraction of sp³-hybridized carbons (Fsp3) is 0.167. The smallest absolute Gasteiger partial charge is 0.379 e. The summed E-state index contributed by atoms with van der Waals surface area (Å²) in [4.78, 5) is 22.1. The normalized spacial score (nSPS) is 10.4. The number of hydrogen-bond donors (Lipinski definition) is 0. The average molecular weight is 222 g/mol. The molecule has 0 amide bonds. The third-order valence-electron chi connectivity index (χ3n) is 1.80. The molecule has 0 radical (unpaired) electrons. The maximum absolute atomic E-state index is 13.1. The van der Waals surface area contributed by atoms with E-state index in [0.717, 1.165) is 6.08 Å². The molecule has 0 aromatic heterocycles. The van der Waals surface area contributed by atoms with E-state index < -0.39 is 17.6 Å². The summed E-state index contributed by atoms with van der Waals surface area (Å²) in [5.41, 5.74) is 0.250. The van der Waals surface area contributed by atoms with E-state index >= 15 is 0 Å². The lowest BCUT2D eigenvalue weighted by Crippen LogP contribution is -2.14. The number of hydrogen-bond acceptors (Lipinski definition) is 3. The first-order chi connectivity index (χ1) is 7.65. The molecule has 84 valence electrons. The van der Waals surface area contributed by atoms with E-state index in [1.54, 1.807) is 19.1 Å². The van der Waals surface area contributed by atoms with Crippen LogP contribution in [0.2, 0.25) is 0 Å². The van der Waals surface area contributed by atoms with E-state index in [4.69, 9.17) is 0 Å². The summed E-state index contributed by atoms with van der Waals surface area (Å²) >= 11 is 0. The Bertz CT molecular complexity index is 424. The average Bonchev–Trinajstić information content (AvgIpc) is 2.28. The van der Waals surface area contributed by atoms with Crippen molar-refractivity contribution >= 4 is 17.8 Å². The van der Waals surface area contributed by atoms with E-state index in [-0.39, 0.29) is 12.2 Å². The summed E-state index contributed by atoms with van der Waals surface area (Å²) in [6.07, 6.45) is 2.24. The number of ether oxygens (including phenoxy) is 1. The monoisotopic (exact) mass is 222 g/mol. The zero-order valence-corrected chi connectivity index (χ0v) is 8.77. The van der Waals surface area contributed by atoms with Gasteiger partial charge in [0.15, 0.2) is 0 Å². The third-order valence-corrected chi connectivity index (χ3v) is 1.80. The molecule has 0 spiro atoms. The number of carbonyl (C=O) groups excluding carboxylic acids is 2. The molecule has 0 fully saturated rings. The zero-order valence-electron chi connectivity index (χ0n) is 8.77. The van der Waals surface area contributed by atoms with Crippen LogP contribution in [-0.4, -0.2) is 18.4 Å². The number of esters is 1. The van der Waals surface area contributed by atoms with Crippen LogP contribution in [0.3, 0.4) is 0 Å². The van der Waals surface area contributed by atoms with Crippen molar-refractivity contribution in [2.45, 2.75) is 6.92 Å². The molecule has 1 rings (SSSR count). The van der Waals surface area contributed by atoms with Crippen molar-refractivity contribution in [3.8, 4) is 0 Å². The summed E-state index contributed by atoms with van der Waals surface area (Å²) in [5.74, 6) is -2.18. The van der Waals surface area contributed by atoms with Crippen molar-refractivity contribution in [2.24, 2.45) is 0 Å². The Morgan fingerprint density at radius 3 is 2.69 bits per heavy atom. The molecule has 0 N–H and O–H groups in total. The van der Waals surface area contributed by atoms with E-state index in [2.05, 4.69) is 4.74 Å². The van der Waals surface area contributed by atoms with E-state index in [9.17, 15) is 14.0 Å². The van der Waals surface area contributed by atoms with Gasteiger partial charge in [-0.05, 0) is 25.1 Å². The van der Waals surface area contributed by atoms with Gasteiger partial charge in [0.05, 0.1) is 6.61 Å². The van der Waals surface area contributed by atoms with Crippen molar-refractivity contribution in [3.63, 3.8) is 0 Å². The molecule has 16 heavy (non-hydrogen) atoms. The molecule has 0 heterocycles. The van der Waals surface area contributed by atoms with Crippen molar-refractivity contribution in [2.75, 3.05) is 6.61 Å². The number of ketones is 1. The highest BCUT2D eigenvalue weighted by Gasteiger charge is 2.10.